The van der Waals surface area contributed by atoms with Crippen LogP contribution in [0, 0.1) is 11.8 Å². The maximum absolute atomic E-state index is 12.8. The van der Waals surface area contributed by atoms with E-state index in [1.165, 1.54) is 7.11 Å². The van der Waals surface area contributed by atoms with Crippen molar-refractivity contribution in [2.75, 3.05) is 13.7 Å². The van der Waals surface area contributed by atoms with Crippen molar-refractivity contribution in [2.45, 2.75) is 18.2 Å². The van der Waals surface area contributed by atoms with Crippen LogP contribution >= 0.6 is 0 Å². The molecule has 1 aromatic carbocycles. The fraction of sp³-hybridized carbons (Fsp3) is 0.412. The first-order valence-electron chi connectivity index (χ1n) is 7.42. The van der Waals surface area contributed by atoms with Crippen LogP contribution < -0.4 is 0 Å². The molecule has 2 saturated heterocycles. The molecule has 2 fully saturated rings. The third-order valence-corrected chi connectivity index (χ3v) is 4.87. The summed E-state index contributed by atoms with van der Waals surface area (Å²) in [5.41, 5.74) is 0.412. The average Bonchev–Trinajstić information content (AvgIpc) is 3.16. The van der Waals surface area contributed by atoms with Gasteiger partial charge in [0.25, 0.3) is 0 Å². The molecule has 3 aliphatic heterocycles. The Morgan fingerprint density at radius 3 is 2.91 bits per heavy atom. The molecule has 1 aromatic rings. The fourth-order valence-electron chi connectivity index (χ4n) is 3.92. The van der Waals surface area contributed by atoms with E-state index in [2.05, 4.69) is 0 Å². The minimum Gasteiger partial charge on any atom is -0.469 e. The Hall–Kier alpha value is -2.14. The Bertz CT molecular complexity index is 656. The Morgan fingerprint density at radius 1 is 1.41 bits per heavy atom. The quantitative estimate of drug-likeness (QED) is 0.620. The molecule has 3 aliphatic rings. The average molecular weight is 299 g/mol. The number of hydrogen-bond donors (Lipinski definition) is 0. The van der Waals surface area contributed by atoms with E-state index in [4.69, 9.17) is 9.47 Å². The van der Waals surface area contributed by atoms with Crippen molar-refractivity contribution in [1.82, 2.24) is 4.90 Å². The summed E-state index contributed by atoms with van der Waals surface area (Å²) in [6, 6.07) is 9.84. The van der Waals surface area contributed by atoms with Gasteiger partial charge in [0.15, 0.2) is 0 Å². The van der Waals surface area contributed by atoms with Gasteiger partial charge in [-0.15, -0.1) is 0 Å². The van der Waals surface area contributed by atoms with Gasteiger partial charge >= 0.3 is 5.97 Å². The van der Waals surface area contributed by atoms with Crippen molar-refractivity contribution in [2.24, 2.45) is 11.8 Å². The van der Waals surface area contributed by atoms with E-state index in [0.29, 0.717) is 13.1 Å². The lowest BCUT2D eigenvalue weighted by atomic mass is 9.77. The van der Waals surface area contributed by atoms with Crippen molar-refractivity contribution < 1.29 is 19.1 Å². The molecule has 3 heterocycles. The highest BCUT2D eigenvalue weighted by Gasteiger charge is 2.67. The van der Waals surface area contributed by atoms with Crippen LogP contribution in [0.3, 0.4) is 0 Å². The van der Waals surface area contributed by atoms with Crippen molar-refractivity contribution in [3.63, 3.8) is 0 Å². The smallest absolute Gasteiger partial charge is 0.312 e. The number of amides is 1. The number of hydrogen-bond acceptors (Lipinski definition) is 4. The first-order valence-corrected chi connectivity index (χ1v) is 7.42. The second-order valence-electron chi connectivity index (χ2n) is 6.10. The number of likely N-dealkylation sites (tertiary alicyclic amines) is 1. The van der Waals surface area contributed by atoms with Crippen LogP contribution in [-0.4, -0.2) is 42.1 Å². The molecule has 5 heteroatoms. The molecule has 2 bridgehead atoms. The molecule has 1 amide bonds. The maximum Gasteiger partial charge on any atom is 0.312 e. The standard InChI is InChI=1S/C17H17NO4/c1-21-16(20)13-12-7-8-17(22-12)10-18(15(19)14(13)17)9-11-5-3-2-4-6-11/h2-8,12-14H,9-10H2,1H3/t12-,13+,14-,17+/m0/s1. The SMILES string of the molecule is COC(=O)[C@@H]1[C@@H]2C=C[C@]3(CN(Cc4ccccc4)C(=O)[C@H]13)O2. The van der Waals surface area contributed by atoms with Crippen LogP contribution in [0.2, 0.25) is 0 Å². The topological polar surface area (TPSA) is 55.8 Å². The largest absolute Gasteiger partial charge is 0.469 e. The summed E-state index contributed by atoms with van der Waals surface area (Å²) >= 11 is 0. The minimum atomic E-state index is -0.657. The first kappa shape index (κ1) is 13.5. The van der Waals surface area contributed by atoms with Gasteiger partial charge < -0.3 is 14.4 Å². The van der Waals surface area contributed by atoms with Gasteiger partial charge in [-0.1, -0.05) is 42.5 Å². The molecule has 22 heavy (non-hydrogen) atoms. The highest BCUT2D eigenvalue weighted by Crippen LogP contribution is 2.52. The molecule has 4 rings (SSSR count). The van der Waals surface area contributed by atoms with Gasteiger partial charge in [0.1, 0.15) is 11.5 Å². The number of carbonyl (C=O) groups is 2. The first-order chi connectivity index (χ1) is 10.6. The number of esters is 1. The molecule has 4 atom stereocenters. The van der Waals surface area contributed by atoms with Gasteiger partial charge in [-0.2, -0.15) is 0 Å². The van der Waals surface area contributed by atoms with Crippen LogP contribution in [0.25, 0.3) is 0 Å². The number of fused-ring (bicyclic) bond motifs is 1. The highest BCUT2D eigenvalue weighted by molar-refractivity contribution is 5.91. The molecular weight excluding hydrogens is 282 g/mol. The van der Waals surface area contributed by atoms with Gasteiger partial charge in [-0.3, -0.25) is 9.59 Å². The summed E-state index contributed by atoms with van der Waals surface area (Å²) in [6.07, 6.45) is 3.50. The molecule has 0 saturated carbocycles. The van der Waals surface area contributed by atoms with Crippen LogP contribution in [0.4, 0.5) is 0 Å². The molecule has 0 N–H and O–H groups in total. The van der Waals surface area contributed by atoms with Crippen LogP contribution in [0.5, 0.6) is 0 Å². The number of rotatable bonds is 3. The minimum absolute atomic E-state index is 0.0221. The number of nitrogens with zero attached hydrogens (tertiary/aromatic N) is 1. The maximum atomic E-state index is 12.8. The van der Waals surface area contributed by atoms with E-state index >= 15 is 0 Å². The molecule has 0 unspecified atom stereocenters. The van der Waals surface area contributed by atoms with Gasteiger partial charge in [-0.05, 0) is 5.56 Å². The Labute approximate surface area is 128 Å². The van der Waals surface area contributed by atoms with Crippen molar-refractivity contribution in [3.8, 4) is 0 Å². The van der Waals surface area contributed by atoms with Crippen LogP contribution in [-0.2, 0) is 25.6 Å². The second-order valence-corrected chi connectivity index (χ2v) is 6.10. The molecule has 0 aromatic heterocycles. The lowest BCUT2D eigenvalue weighted by Gasteiger charge is -2.22. The second kappa shape index (κ2) is 4.68. The summed E-state index contributed by atoms with van der Waals surface area (Å²) in [4.78, 5) is 26.6. The third kappa shape index (κ3) is 1.75. The van der Waals surface area contributed by atoms with Crippen molar-refractivity contribution in [3.05, 3.63) is 48.0 Å². The predicted octanol–water partition coefficient (Wildman–Crippen LogP) is 1.14. The zero-order valence-corrected chi connectivity index (χ0v) is 12.3. The van der Waals surface area contributed by atoms with Crippen molar-refractivity contribution >= 4 is 11.9 Å². The molecule has 5 nitrogen and oxygen atoms in total. The van der Waals surface area contributed by atoms with E-state index < -0.39 is 17.4 Å². The number of ether oxygens (including phenoxy) is 2. The summed E-state index contributed by atoms with van der Waals surface area (Å²) < 4.78 is 10.9. The number of benzene rings is 1. The zero-order chi connectivity index (χ0) is 15.3. The number of carbonyl (C=O) groups excluding carboxylic acids is 2. The third-order valence-electron chi connectivity index (χ3n) is 4.87. The summed E-state index contributed by atoms with van der Waals surface area (Å²) in [7, 11) is 1.35. The fourth-order valence-corrected chi connectivity index (χ4v) is 3.92. The van der Waals surface area contributed by atoms with E-state index in [1.807, 2.05) is 42.5 Å². The molecule has 0 aliphatic carbocycles. The lowest BCUT2D eigenvalue weighted by molar-refractivity contribution is -0.151. The summed E-state index contributed by atoms with van der Waals surface area (Å²) in [6.45, 7) is 1.03. The van der Waals surface area contributed by atoms with E-state index in [-0.39, 0.29) is 18.0 Å². The normalized spacial score (nSPS) is 35.0. The molecular formula is C17H17NO4. The molecule has 114 valence electrons. The van der Waals surface area contributed by atoms with E-state index in [0.717, 1.165) is 5.56 Å². The lowest BCUT2D eigenvalue weighted by Crippen LogP contribution is -2.39. The van der Waals surface area contributed by atoms with Gasteiger partial charge in [0.05, 0.1) is 25.7 Å². The Morgan fingerprint density at radius 2 is 2.18 bits per heavy atom. The summed E-state index contributed by atoms with van der Waals surface area (Å²) in [5.74, 6) is -1.37. The van der Waals surface area contributed by atoms with Gasteiger partial charge in [-0.25, -0.2) is 0 Å². The van der Waals surface area contributed by atoms with Crippen molar-refractivity contribution in [1.29, 1.82) is 0 Å². The zero-order valence-electron chi connectivity index (χ0n) is 12.3. The highest BCUT2D eigenvalue weighted by atomic mass is 16.5. The monoisotopic (exact) mass is 299 g/mol. The van der Waals surface area contributed by atoms with Gasteiger partial charge in [0.2, 0.25) is 5.91 Å². The molecule has 1 spiro atoms. The Kier molecular flexibility index (Phi) is 2.87. The number of methoxy groups -OCH3 is 1. The van der Waals surface area contributed by atoms with E-state index in [9.17, 15) is 9.59 Å². The van der Waals surface area contributed by atoms with Crippen LogP contribution in [0.1, 0.15) is 5.56 Å². The van der Waals surface area contributed by atoms with E-state index in [1.54, 1.807) is 4.90 Å². The Balaban J connectivity index is 1.62. The summed E-state index contributed by atoms with van der Waals surface area (Å²) in [5, 5.41) is 0. The van der Waals surface area contributed by atoms with Gasteiger partial charge in [0, 0.05) is 6.54 Å². The predicted molar refractivity (Wildman–Crippen MR) is 77.6 cm³/mol. The molecule has 0 radical (unpaired) electrons. The van der Waals surface area contributed by atoms with Crippen LogP contribution in [0.15, 0.2) is 42.5 Å².